The van der Waals surface area contributed by atoms with Gasteiger partial charge in [-0.2, -0.15) is 8.78 Å². The Morgan fingerprint density at radius 3 is 2.64 bits per heavy atom. The molecule has 0 aliphatic rings. The SMILES string of the molecule is COc1c(Br)cccc1C(F)(F)CN. The minimum Gasteiger partial charge on any atom is -0.495 e. The van der Waals surface area contributed by atoms with E-state index in [0.717, 1.165) is 0 Å². The second kappa shape index (κ2) is 4.23. The molecule has 0 heterocycles. The van der Waals surface area contributed by atoms with Gasteiger partial charge in [0.2, 0.25) is 0 Å². The summed E-state index contributed by atoms with van der Waals surface area (Å²) in [6, 6.07) is 4.46. The Balaban J connectivity index is 3.27. The molecule has 0 bridgehead atoms. The van der Waals surface area contributed by atoms with Gasteiger partial charge >= 0.3 is 0 Å². The molecule has 0 unspecified atom stereocenters. The van der Waals surface area contributed by atoms with Crippen molar-refractivity contribution in [2.24, 2.45) is 5.73 Å². The molecule has 0 atom stereocenters. The number of ether oxygens (including phenoxy) is 1. The van der Waals surface area contributed by atoms with Gasteiger partial charge in [0.05, 0.1) is 23.7 Å². The van der Waals surface area contributed by atoms with Crippen LogP contribution in [0, 0.1) is 0 Å². The van der Waals surface area contributed by atoms with Gasteiger partial charge in [0.1, 0.15) is 5.75 Å². The highest BCUT2D eigenvalue weighted by Crippen LogP contribution is 2.38. The number of alkyl halides is 2. The predicted octanol–water partition coefficient (Wildman–Crippen LogP) is 2.51. The normalized spacial score (nSPS) is 11.5. The Kier molecular flexibility index (Phi) is 3.44. The van der Waals surface area contributed by atoms with E-state index in [1.165, 1.54) is 19.2 Å². The van der Waals surface area contributed by atoms with Crippen LogP contribution >= 0.6 is 15.9 Å². The standard InChI is InChI=1S/C9H10BrF2NO/c1-14-8-6(9(11,12)5-13)3-2-4-7(8)10/h2-4H,5,13H2,1H3. The van der Waals surface area contributed by atoms with Gasteiger partial charge in [-0.05, 0) is 28.1 Å². The topological polar surface area (TPSA) is 35.2 Å². The summed E-state index contributed by atoms with van der Waals surface area (Å²) < 4.78 is 31.9. The van der Waals surface area contributed by atoms with E-state index >= 15 is 0 Å². The van der Waals surface area contributed by atoms with Gasteiger partial charge in [0.25, 0.3) is 5.92 Å². The fraction of sp³-hybridized carbons (Fsp3) is 0.333. The van der Waals surface area contributed by atoms with Gasteiger partial charge < -0.3 is 10.5 Å². The van der Waals surface area contributed by atoms with Gasteiger partial charge in [0.15, 0.2) is 0 Å². The van der Waals surface area contributed by atoms with Crippen LogP contribution < -0.4 is 10.5 Å². The van der Waals surface area contributed by atoms with E-state index in [4.69, 9.17) is 10.5 Å². The first-order valence-electron chi connectivity index (χ1n) is 3.94. The van der Waals surface area contributed by atoms with Crippen molar-refractivity contribution in [1.29, 1.82) is 0 Å². The Morgan fingerprint density at radius 2 is 2.14 bits per heavy atom. The fourth-order valence-corrected chi connectivity index (χ4v) is 1.64. The highest BCUT2D eigenvalue weighted by molar-refractivity contribution is 9.10. The van der Waals surface area contributed by atoms with Crippen LogP contribution in [0.4, 0.5) is 8.78 Å². The smallest absolute Gasteiger partial charge is 0.288 e. The molecule has 0 fully saturated rings. The summed E-state index contributed by atoms with van der Waals surface area (Å²) in [6.07, 6.45) is 0. The number of rotatable bonds is 3. The summed E-state index contributed by atoms with van der Waals surface area (Å²) in [5.41, 5.74) is 4.79. The van der Waals surface area contributed by atoms with E-state index in [0.29, 0.717) is 4.47 Å². The maximum absolute atomic E-state index is 13.3. The third-order valence-corrected chi connectivity index (χ3v) is 2.45. The summed E-state index contributed by atoms with van der Waals surface area (Å²) in [7, 11) is 1.34. The number of para-hydroxylation sites is 1. The van der Waals surface area contributed by atoms with Crippen LogP contribution in [0.3, 0.4) is 0 Å². The quantitative estimate of drug-likeness (QED) is 0.912. The second-order valence-corrected chi connectivity index (χ2v) is 3.58. The van der Waals surface area contributed by atoms with Gasteiger partial charge in [-0.25, -0.2) is 0 Å². The number of halogens is 3. The summed E-state index contributed by atoms with van der Waals surface area (Å²) in [5.74, 6) is -2.93. The van der Waals surface area contributed by atoms with Gasteiger partial charge in [0, 0.05) is 0 Å². The molecular formula is C9H10BrF2NO. The molecule has 0 aliphatic carbocycles. The van der Waals surface area contributed by atoms with Crippen molar-refractivity contribution in [3.05, 3.63) is 28.2 Å². The summed E-state index contributed by atoms with van der Waals surface area (Å²) in [6.45, 7) is -0.736. The van der Waals surface area contributed by atoms with Crippen LogP contribution in [0.1, 0.15) is 5.56 Å². The van der Waals surface area contributed by atoms with E-state index in [-0.39, 0.29) is 11.3 Å². The Hall–Kier alpha value is -0.680. The van der Waals surface area contributed by atoms with Crippen LogP contribution in [0.5, 0.6) is 5.75 Å². The zero-order chi connectivity index (χ0) is 10.8. The molecule has 1 aromatic rings. The molecule has 5 heteroatoms. The lowest BCUT2D eigenvalue weighted by Crippen LogP contribution is -2.25. The average molecular weight is 266 g/mol. The molecule has 0 amide bonds. The van der Waals surface area contributed by atoms with Crippen molar-refractivity contribution in [1.82, 2.24) is 0 Å². The van der Waals surface area contributed by atoms with Crippen molar-refractivity contribution < 1.29 is 13.5 Å². The van der Waals surface area contributed by atoms with Gasteiger partial charge in [-0.3, -0.25) is 0 Å². The van der Waals surface area contributed by atoms with E-state index in [1.54, 1.807) is 6.07 Å². The van der Waals surface area contributed by atoms with Crippen molar-refractivity contribution >= 4 is 15.9 Å². The van der Waals surface area contributed by atoms with Gasteiger partial charge in [-0.1, -0.05) is 6.07 Å². The molecule has 1 rings (SSSR count). The molecular weight excluding hydrogens is 256 g/mol. The summed E-state index contributed by atoms with van der Waals surface area (Å²) in [5, 5.41) is 0. The summed E-state index contributed by atoms with van der Waals surface area (Å²) in [4.78, 5) is 0. The Morgan fingerprint density at radius 1 is 1.50 bits per heavy atom. The molecule has 2 N–H and O–H groups in total. The third kappa shape index (κ3) is 2.04. The monoisotopic (exact) mass is 265 g/mol. The van der Waals surface area contributed by atoms with Crippen LogP contribution in [0.15, 0.2) is 22.7 Å². The van der Waals surface area contributed by atoms with Crippen LogP contribution in [0.25, 0.3) is 0 Å². The van der Waals surface area contributed by atoms with Crippen LogP contribution in [-0.4, -0.2) is 13.7 Å². The first-order chi connectivity index (χ1) is 6.53. The van der Waals surface area contributed by atoms with Crippen molar-refractivity contribution in [2.75, 3.05) is 13.7 Å². The highest BCUT2D eigenvalue weighted by atomic mass is 79.9. The highest BCUT2D eigenvalue weighted by Gasteiger charge is 2.33. The maximum atomic E-state index is 13.3. The second-order valence-electron chi connectivity index (χ2n) is 2.73. The summed E-state index contributed by atoms with van der Waals surface area (Å²) >= 11 is 3.13. The lowest BCUT2D eigenvalue weighted by Gasteiger charge is -2.18. The maximum Gasteiger partial charge on any atom is 0.288 e. The molecule has 0 spiro atoms. The Labute approximate surface area is 89.2 Å². The molecule has 78 valence electrons. The number of hydrogen-bond acceptors (Lipinski definition) is 2. The van der Waals surface area contributed by atoms with Crippen LogP contribution in [-0.2, 0) is 5.92 Å². The number of nitrogens with two attached hydrogens (primary N) is 1. The Bertz CT molecular complexity index is 331. The predicted molar refractivity (Wildman–Crippen MR) is 53.6 cm³/mol. The number of methoxy groups -OCH3 is 1. The largest absolute Gasteiger partial charge is 0.495 e. The van der Waals surface area contributed by atoms with Crippen molar-refractivity contribution in [3.8, 4) is 5.75 Å². The average Bonchev–Trinajstić information content (AvgIpc) is 2.17. The molecule has 1 aromatic carbocycles. The molecule has 0 aromatic heterocycles. The molecule has 0 saturated heterocycles. The van der Waals surface area contributed by atoms with Crippen molar-refractivity contribution in [2.45, 2.75) is 5.92 Å². The van der Waals surface area contributed by atoms with Gasteiger partial charge in [-0.15, -0.1) is 0 Å². The van der Waals surface area contributed by atoms with E-state index in [1.807, 2.05) is 0 Å². The zero-order valence-corrected chi connectivity index (χ0v) is 9.14. The molecule has 2 nitrogen and oxygen atoms in total. The lowest BCUT2D eigenvalue weighted by atomic mass is 10.1. The lowest BCUT2D eigenvalue weighted by molar-refractivity contribution is 0.00360. The molecule has 0 aliphatic heterocycles. The first-order valence-corrected chi connectivity index (χ1v) is 4.73. The van der Waals surface area contributed by atoms with E-state index in [9.17, 15) is 8.78 Å². The fourth-order valence-electron chi connectivity index (χ4n) is 1.11. The van der Waals surface area contributed by atoms with Crippen LogP contribution in [0.2, 0.25) is 0 Å². The minimum atomic E-state index is -3.06. The number of benzene rings is 1. The van der Waals surface area contributed by atoms with Crippen molar-refractivity contribution in [3.63, 3.8) is 0 Å². The molecule has 0 saturated carbocycles. The van der Waals surface area contributed by atoms with E-state index in [2.05, 4.69) is 15.9 Å². The zero-order valence-electron chi connectivity index (χ0n) is 7.56. The third-order valence-electron chi connectivity index (χ3n) is 1.82. The molecule has 0 radical (unpaired) electrons. The first kappa shape index (κ1) is 11.4. The van der Waals surface area contributed by atoms with E-state index < -0.39 is 12.5 Å². The number of hydrogen-bond donors (Lipinski definition) is 1. The minimum absolute atomic E-state index is 0.128. The molecule has 14 heavy (non-hydrogen) atoms.